The Balaban J connectivity index is 4.01. The van der Waals surface area contributed by atoms with E-state index in [0.29, 0.717) is 10.3 Å². The van der Waals surface area contributed by atoms with Crippen molar-refractivity contribution in [3.63, 3.8) is 0 Å². The Kier molecular flexibility index (Phi) is 4.81. The van der Waals surface area contributed by atoms with Crippen molar-refractivity contribution in [3.05, 3.63) is 0 Å². The van der Waals surface area contributed by atoms with Gasteiger partial charge in [-0.3, -0.25) is 4.99 Å². The summed E-state index contributed by atoms with van der Waals surface area (Å²) < 4.78 is 0. The number of halogens is 1. The molecule has 0 N–H and O–H groups in total. The van der Waals surface area contributed by atoms with Crippen LogP contribution in [0.4, 0.5) is 0 Å². The van der Waals surface area contributed by atoms with Gasteiger partial charge in [-0.05, 0) is 13.2 Å². The second kappa shape index (κ2) is 4.82. The zero-order chi connectivity index (χ0) is 7.28. The van der Waals surface area contributed by atoms with Crippen molar-refractivity contribution >= 4 is 33.7 Å². The van der Waals surface area contributed by atoms with E-state index < -0.39 is 0 Å². The van der Waals surface area contributed by atoms with Gasteiger partial charge in [-0.15, -0.1) is 0 Å². The molecule has 0 radical (unpaired) electrons. The van der Waals surface area contributed by atoms with Gasteiger partial charge in [-0.1, -0.05) is 23.4 Å². The second-order valence-corrected chi connectivity index (χ2v) is 2.64. The molecule has 0 aromatic rings. The Labute approximate surface area is 64.4 Å². The van der Waals surface area contributed by atoms with Crippen molar-refractivity contribution in [3.8, 4) is 0 Å². The van der Waals surface area contributed by atoms with Gasteiger partial charge in [0, 0.05) is 7.05 Å². The predicted octanol–water partition coefficient (Wildman–Crippen LogP) is 1.99. The molecule has 0 heterocycles. The summed E-state index contributed by atoms with van der Waals surface area (Å²) in [6, 6.07) is 0. The van der Waals surface area contributed by atoms with Crippen molar-refractivity contribution in [1.29, 1.82) is 0 Å². The van der Waals surface area contributed by atoms with E-state index in [0.717, 1.165) is 0 Å². The molecule has 0 saturated carbocycles. The van der Waals surface area contributed by atoms with Crippen LogP contribution in [0.15, 0.2) is 9.98 Å². The molecule has 0 aromatic carbocycles. The summed E-state index contributed by atoms with van der Waals surface area (Å²) in [5, 5.41) is 1.23. The molecule has 0 bridgehead atoms. The van der Waals surface area contributed by atoms with Crippen LogP contribution in [0.25, 0.3) is 0 Å². The van der Waals surface area contributed by atoms with E-state index in [9.17, 15) is 0 Å². The lowest BCUT2D eigenvalue weighted by molar-refractivity contribution is 1.43. The summed E-state index contributed by atoms with van der Waals surface area (Å²) >= 11 is 6.96. The first-order chi connectivity index (χ1) is 4.20. The quantitative estimate of drug-likeness (QED) is 0.397. The third-order valence-corrected chi connectivity index (χ3v) is 1.35. The van der Waals surface area contributed by atoms with Crippen LogP contribution in [0, 0.1) is 0 Å². The molecule has 0 amide bonds. The first-order valence-corrected chi connectivity index (χ1v) is 4.02. The van der Waals surface area contributed by atoms with Gasteiger partial charge in [-0.2, -0.15) is 0 Å². The minimum atomic E-state index is 0.518. The number of nitrogens with zero attached hydrogens (tertiary/aromatic N) is 2. The summed E-state index contributed by atoms with van der Waals surface area (Å²) in [5.74, 6) is 0. The summed E-state index contributed by atoms with van der Waals surface area (Å²) in [4.78, 5) is 7.76. The molecule has 0 aromatic heterocycles. The number of hydrogen-bond acceptors (Lipinski definition) is 2. The first kappa shape index (κ1) is 8.98. The number of hydrogen-bond donors (Lipinski definition) is 0. The Morgan fingerprint density at radius 3 is 2.22 bits per heavy atom. The molecule has 0 aliphatic rings. The lowest BCUT2D eigenvalue weighted by Crippen LogP contribution is -1.87. The SMILES string of the molecule is CN=C(N=C(C)Cl)SC. The molecule has 0 unspecified atom stereocenters. The number of rotatable bonds is 0. The molecule has 0 spiro atoms. The van der Waals surface area contributed by atoms with Gasteiger partial charge in [0.1, 0.15) is 5.17 Å². The Bertz CT molecular complexity index is 138. The molecular weight excluding hydrogens is 156 g/mol. The average molecular weight is 165 g/mol. The van der Waals surface area contributed by atoms with Crippen molar-refractivity contribution in [2.24, 2.45) is 9.98 Å². The van der Waals surface area contributed by atoms with Gasteiger partial charge in [-0.25, -0.2) is 4.99 Å². The summed E-state index contributed by atoms with van der Waals surface area (Å²) in [7, 11) is 1.69. The van der Waals surface area contributed by atoms with E-state index in [1.807, 2.05) is 6.26 Å². The lowest BCUT2D eigenvalue weighted by atomic mass is 10.9. The molecule has 0 aliphatic carbocycles. The highest BCUT2D eigenvalue weighted by atomic mass is 35.5. The van der Waals surface area contributed by atoms with Gasteiger partial charge in [0.15, 0.2) is 5.17 Å². The van der Waals surface area contributed by atoms with Crippen LogP contribution in [0.5, 0.6) is 0 Å². The van der Waals surface area contributed by atoms with Crippen molar-refractivity contribution in [2.75, 3.05) is 13.3 Å². The summed E-state index contributed by atoms with van der Waals surface area (Å²) in [6.07, 6.45) is 1.91. The molecule has 0 fully saturated rings. The van der Waals surface area contributed by atoms with Gasteiger partial charge >= 0.3 is 0 Å². The van der Waals surface area contributed by atoms with Crippen LogP contribution in [-0.4, -0.2) is 23.6 Å². The van der Waals surface area contributed by atoms with Crippen LogP contribution in [0.1, 0.15) is 6.92 Å². The lowest BCUT2D eigenvalue weighted by Gasteiger charge is -1.90. The Hall–Kier alpha value is -0.0200. The van der Waals surface area contributed by atoms with E-state index in [2.05, 4.69) is 9.98 Å². The van der Waals surface area contributed by atoms with E-state index in [4.69, 9.17) is 11.6 Å². The summed E-state index contributed by atoms with van der Waals surface area (Å²) in [5.41, 5.74) is 0. The van der Waals surface area contributed by atoms with E-state index in [1.54, 1.807) is 14.0 Å². The van der Waals surface area contributed by atoms with Crippen molar-refractivity contribution in [2.45, 2.75) is 6.92 Å². The molecule has 9 heavy (non-hydrogen) atoms. The largest absolute Gasteiger partial charge is 0.264 e. The monoisotopic (exact) mass is 164 g/mol. The summed E-state index contributed by atoms with van der Waals surface area (Å²) in [6.45, 7) is 1.73. The number of aliphatic imine (C=N–C) groups is 2. The maximum Gasteiger partial charge on any atom is 0.183 e. The number of amidine groups is 1. The highest BCUT2D eigenvalue weighted by molar-refractivity contribution is 8.13. The maximum absolute atomic E-state index is 5.49. The highest BCUT2D eigenvalue weighted by Gasteiger charge is 1.89. The zero-order valence-electron chi connectivity index (χ0n) is 5.68. The zero-order valence-corrected chi connectivity index (χ0v) is 7.25. The minimum Gasteiger partial charge on any atom is -0.264 e. The fraction of sp³-hybridized carbons (Fsp3) is 0.600. The molecule has 0 saturated heterocycles. The first-order valence-electron chi connectivity index (χ1n) is 2.42. The van der Waals surface area contributed by atoms with E-state index >= 15 is 0 Å². The van der Waals surface area contributed by atoms with Crippen molar-refractivity contribution < 1.29 is 0 Å². The van der Waals surface area contributed by atoms with Gasteiger partial charge in [0.2, 0.25) is 0 Å². The molecule has 0 aliphatic heterocycles. The van der Waals surface area contributed by atoms with Crippen LogP contribution in [0.3, 0.4) is 0 Å². The molecule has 2 nitrogen and oxygen atoms in total. The molecule has 52 valence electrons. The van der Waals surface area contributed by atoms with Crippen LogP contribution < -0.4 is 0 Å². The van der Waals surface area contributed by atoms with Crippen LogP contribution in [-0.2, 0) is 0 Å². The highest BCUT2D eigenvalue weighted by Crippen LogP contribution is 2.00. The topological polar surface area (TPSA) is 24.7 Å². The third-order valence-electron chi connectivity index (χ3n) is 0.624. The van der Waals surface area contributed by atoms with Gasteiger partial charge in [0.25, 0.3) is 0 Å². The third kappa shape index (κ3) is 4.48. The van der Waals surface area contributed by atoms with Crippen LogP contribution in [0.2, 0.25) is 0 Å². The van der Waals surface area contributed by atoms with Crippen molar-refractivity contribution in [1.82, 2.24) is 0 Å². The smallest absolute Gasteiger partial charge is 0.183 e. The van der Waals surface area contributed by atoms with Crippen LogP contribution >= 0.6 is 23.4 Å². The molecule has 4 heteroatoms. The van der Waals surface area contributed by atoms with E-state index in [-0.39, 0.29) is 0 Å². The van der Waals surface area contributed by atoms with E-state index in [1.165, 1.54) is 11.8 Å². The maximum atomic E-state index is 5.49. The predicted molar refractivity (Wildman–Crippen MR) is 45.8 cm³/mol. The van der Waals surface area contributed by atoms with Gasteiger partial charge < -0.3 is 0 Å². The fourth-order valence-corrected chi connectivity index (χ4v) is 0.860. The molecule has 0 atom stereocenters. The van der Waals surface area contributed by atoms with Gasteiger partial charge in [0.05, 0.1) is 0 Å². The number of thioether (sulfide) groups is 1. The average Bonchev–Trinajstić information content (AvgIpc) is 1.82. The molecular formula is C5H9ClN2S. The normalized spacial score (nSPS) is 14.2. The standard InChI is InChI=1S/C5H9ClN2S/c1-4(6)8-5(7-2)9-3/h1-3H3. The fourth-order valence-electron chi connectivity index (χ4n) is 0.319. The second-order valence-electron chi connectivity index (χ2n) is 1.32. The molecule has 0 rings (SSSR count). The minimum absolute atomic E-state index is 0.518. The Morgan fingerprint density at radius 2 is 2.11 bits per heavy atom. The Morgan fingerprint density at radius 1 is 1.56 bits per heavy atom.